The number of phenols is 4. The fourth-order valence-corrected chi connectivity index (χ4v) is 2.43. The normalized spacial score (nSPS) is 12.8. The van der Waals surface area contributed by atoms with Crippen LogP contribution >= 0.6 is 0 Å². The van der Waals surface area contributed by atoms with Gasteiger partial charge in [0.15, 0.2) is 23.0 Å². The zero-order chi connectivity index (χ0) is 25.4. The molecule has 0 heterocycles. The second kappa shape index (κ2) is 11.0. The lowest BCUT2D eigenvalue weighted by Crippen LogP contribution is -2.45. The Hall–Kier alpha value is -5.00. The van der Waals surface area contributed by atoms with Crippen LogP contribution in [0.25, 0.3) is 12.2 Å². The zero-order valence-corrected chi connectivity index (χ0v) is 17.1. The summed E-state index contributed by atoms with van der Waals surface area (Å²) >= 11 is 0. The van der Waals surface area contributed by atoms with Crippen molar-refractivity contribution in [2.24, 2.45) is 0 Å². The summed E-state index contributed by atoms with van der Waals surface area (Å²) in [5.41, 5.74) is 0.455. The molecule has 12 heteroatoms. The van der Waals surface area contributed by atoms with Crippen molar-refractivity contribution < 1.29 is 59.3 Å². The van der Waals surface area contributed by atoms with E-state index in [1.54, 1.807) is 0 Å². The summed E-state index contributed by atoms with van der Waals surface area (Å²) in [4.78, 5) is 46.9. The van der Waals surface area contributed by atoms with Crippen molar-refractivity contribution in [2.45, 2.75) is 12.2 Å². The summed E-state index contributed by atoms with van der Waals surface area (Å²) in [5.74, 6) is -8.18. The quantitative estimate of drug-likeness (QED) is 0.172. The van der Waals surface area contributed by atoms with Crippen LogP contribution in [-0.2, 0) is 28.7 Å². The molecule has 0 fully saturated rings. The van der Waals surface area contributed by atoms with Crippen molar-refractivity contribution in [1.29, 1.82) is 0 Å². The van der Waals surface area contributed by atoms with Crippen molar-refractivity contribution in [1.82, 2.24) is 0 Å². The maximum absolute atomic E-state index is 12.0. The van der Waals surface area contributed by atoms with E-state index in [1.807, 2.05) is 0 Å². The van der Waals surface area contributed by atoms with Gasteiger partial charge in [0.2, 0.25) is 12.2 Å². The van der Waals surface area contributed by atoms with Gasteiger partial charge in [-0.3, -0.25) is 0 Å². The molecular weight excluding hydrogens is 456 g/mol. The van der Waals surface area contributed by atoms with Crippen LogP contribution in [0.3, 0.4) is 0 Å². The van der Waals surface area contributed by atoms with E-state index in [0.717, 1.165) is 48.6 Å². The molecule has 2 rings (SSSR count). The van der Waals surface area contributed by atoms with Crippen LogP contribution in [0.4, 0.5) is 0 Å². The summed E-state index contributed by atoms with van der Waals surface area (Å²) in [6.45, 7) is 0. The van der Waals surface area contributed by atoms with E-state index in [9.17, 15) is 49.8 Å². The number of esters is 2. The van der Waals surface area contributed by atoms with E-state index in [4.69, 9.17) is 0 Å². The van der Waals surface area contributed by atoms with Crippen LogP contribution in [0.1, 0.15) is 11.1 Å². The highest BCUT2D eigenvalue weighted by Gasteiger charge is 2.40. The average molecular weight is 474 g/mol. The highest BCUT2D eigenvalue weighted by Crippen LogP contribution is 2.26. The highest BCUT2D eigenvalue weighted by atomic mass is 16.6. The van der Waals surface area contributed by atoms with Crippen LogP contribution in [0.15, 0.2) is 48.6 Å². The molecule has 0 saturated carbocycles. The molecule has 0 aromatic heterocycles. The van der Waals surface area contributed by atoms with Gasteiger partial charge in [0.1, 0.15) is 0 Å². The number of aliphatic carboxylic acids is 2. The predicted octanol–water partition coefficient (Wildman–Crippen LogP) is 1.23. The Labute approximate surface area is 190 Å². The smallest absolute Gasteiger partial charge is 0.349 e. The molecule has 0 aliphatic carbocycles. The van der Waals surface area contributed by atoms with Crippen LogP contribution in [-0.4, -0.2) is 66.7 Å². The Bertz CT molecular complexity index is 1070. The number of carboxylic acid groups (broad SMARTS) is 2. The number of phenolic OH excluding ortho intramolecular Hbond substituents is 4. The molecule has 0 unspecified atom stereocenters. The van der Waals surface area contributed by atoms with Gasteiger partial charge in [0.25, 0.3) is 0 Å². The lowest BCUT2D eigenvalue weighted by molar-refractivity contribution is -0.183. The molecule has 6 N–H and O–H groups in total. The summed E-state index contributed by atoms with van der Waals surface area (Å²) in [6, 6.07) is 7.08. The molecule has 0 spiro atoms. The molecule has 0 radical (unpaired) electrons. The molecule has 2 atom stereocenters. The first kappa shape index (κ1) is 25.3. The second-order valence-electron chi connectivity index (χ2n) is 6.55. The molecule has 2 aromatic rings. The van der Waals surface area contributed by atoms with E-state index in [1.165, 1.54) is 12.1 Å². The summed E-state index contributed by atoms with van der Waals surface area (Å²) in [7, 11) is 0. The Kier molecular flexibility index (Phi) is 8.20. The number of carbonyl (C=O) groups is 4. The zero-order valence-electron chi connectivity index (χ0n) is 17.1. The lowest BCUT2D eigenvalue weighted by atomic mass is 10.2. The van der Waals surface area contributed by atoms with Gasteiger partial charge in [-0.25, -0.2) is 19.2 Å². The van der Waals surface area contributed by atoms with Crippen LogP contribution in [0.2, 0.25) is 0 Å². The van der Waals surface area contributed by atoms with E-state index < -0.39 is 59.1 Å². The van der Waals surface area contributed by atoms with Crippen LogP contribution < -0.4 is 0 Å². The van der Waals surface area contributed by atoms with Gasteiger partial charge in [0.05, 0.1) is 0 Å². The largest absolute Gasteiger partial charge is 0.504 e. The highest BCUT2D eigenvalue weighted by molar-refractivity contribution is 5.93. The van der Waals surface area contributed by atoms with E-state index in [2.05, 4.69) is 9.47 Å². The first-order chi connectivity index (χ1) is 16.0. The van der Waals surface area contributed by atoms with Gasteiger partial charge in [0, 0.05) is 12.2 Å². The minimum absolute atomic E-state index is 0.228. The Morgan fingerprint density at radius 1 is 0.618 bits per heavy atom. The minimum Gasteiger partial charge on any atom is -0.504 e. The number of hydrogen-bond acceptors (Lipinski definition) is 10. The lowest BCUT2D eigenvalue weighted by Gasteiger charge is -2.19. The third kappa shape index (κ3) is 7.02. The number of carboxylic acids is 2. The third-order valence-electron chi connectivity index (χ3n) is 4.07. The molecule has 178 valence electrons. The van der Waals surface area contributed by atoms with Crippen molar-refractivity contribution >= 4 is 36.0 Å². The van der Waals surface area contributed by atoms with Gasteiger partial charge < -0.3 is 40.1 Å². The maximum atomic E-state index is 12.0. The number of benzene rings is 2. The summed E-state index contributed by atoms with van der Waals surface area (Å²) in [6.07, 6.45) is -1.15. The first-order valence-electron chi connectivity index (χ1n) is 9.25. The predicted molar refractivity (Wildman–Crippen MR) is 113 cm³/mol. The summed E-state index contributed by atoms with van der Waals surface area (Å²) < 4.78 is 9.25. The Morgan fingerprint density at radius 2 is 0.971 bits per heavy atom. The molecule has 0 aliphatic rings. The number of ether oxygens (including phenoxy) is 2. The van der Waals surface area contributed by atoms with Gasteiger partial charge >= 0.3 is 23.9 Å². The molecule has 0 saturated heterocycles. The van der Waals surface area contributed by atoms with Crippen molar-refractivity contribution in [2.75, 3.05) is 0 Å². The number of aromatic hydroxyl groups is 4. The number of rotatable bonds is 9. The Morgan fingerprint density at radius 3 is 1.26 bits per heavy atom. The van der Waals surface area contributed by atoms with E-state index >= 15 is 0 Å². The molecular formula is C22H18O12. The monoisotopic (exact) mass is 474 g/mol. The second-order valence-corrected chi connectivity index (χ2v) is 6.55. The number of carbonyl (C=O) groups excluding carboxylic acids is 2. The van der Waals surface area contributed by atoms with Gasteiger partial charge in [-0.05, 0) is 47.5 Å². The summed E-state index contributed by atoms with van der Waals surface area (Å²) in [5, 5.41) is 55.9. The first-order valence-corrected chi connectivity index (χ1v) is 9.25. The van der Waals surface area contributed by atoms with Crippen molar-refractivity contribution in [3.8, 4) is 23.0 Å². The molecule has 0 bridgehead atoms. The van der Waals surface area contributed by atoms with Gasteiger partial charge in [-0.15, -0.1) is 0 Å². The Balaban J connectivity index is 2.11. The maximum Gasteiger partial charge on any atom is 0.349 e. The van der Waals surface area contributed by atoms with Crippen molar-refractivity contribution in [3.63, 3.8) is 0 Å². The van der Waals surface area contributed by atoms with Crippen molar-refractivity contribution in [3.05, 3.63) is 59.7 Å². The molecule has 12 nitrogen and oxygen atoms in total. The molecule has 0 aliphatic heterocycles. The molecule has 34 heavy (non-hydrogen) atoms. The fraction of sp³-hybridized carbons (Fsp3) is 0.0909. The van der Waals surface area contributed by atoms with Crippen LogP contribution in [0, 0.1) is 0 Å². The fourth-order valence-electron chi connectivity index (χ4n) is 2.43. The molecule has 2 aromatic carbocycles. The van der Waals surface area contributed by atoms with Crippen LogP contribution in [0.5, 0.6) is 23.0 Å². The standard InChI is InChI=1S/C22H18O12/c23-13-5-1-11(9-15(13)25)3-7-17(27)33-19(21(29)30)20(22(31)32)34-18(28)8-4-12-2-6-14(24)16(26)10-12/h1-10,19-20,23-26H,(H,29,30)(H,31,32)/b7-3-,8-4-/t19-,20+. The minimum atomic E-state index is -2.40. The van der Waals surface area contributed by atoms with Gasteiger partial charge in [-0.2, -0.15) is 0 Å². The number of hydrogen-bond donors (Lipinski definition) is 6. The van der Waals surface area contributed by atoms with Gasteiger partial charge in [-0.1, -0.05) is 12.1 Å². The SMILES string of the molecule is O=C(/C=C\c1ccc(O)c(O)c1)O[C@H](C(=O)O)[C@@H](OC(=O)/C=C\c1ccc(O)c(O)c1)C(=O)O. The average Bonchev–Trinajstić information content (AvgIpc) is 2.77. The van der Waals surface area contributed by atoms with E-state index in [-0.39, 0.29) is 11.1 Å². The molecule has 0 amide bonds. The van der Waals surface area contributed by atoms with E-state index in [0.29, 0.717) is 0 Å². The topological polar surface area (TPSA) is 208 Å². The third-order valence-corrected chi connectivity index (χ3v) is 4.07.